The zero-order valence-corrected chi connectivity index (χ0v) is 23.9. The van der Waals surface area contributed by atoms with E-state index in [2.05, 4.69) is 137 Å². The summed E-state index contributed by atoms with van der Waals surface area (Å²) in [4.78, 5) is 0. The summed E-state index contributed by atoms with van der Waals surface area (Å²) in [5.74, 6) is 0.193. The molecular weight excluding hydrogens is 538 g/mol. The molecule has 7 rings (SSSR count). The van der Waals surface area contributed by atoms with Crippen molar-refractivity contribution < 1.29 is 0 Å². The van der Waals surface area contributed by atoms with Crippen molar-refractivity contribution in [2.45, 2.75) is 45.1 Å². The van der Waals surface area contributed by atoms with Gasteiger partial charge in [0, 0.05) is 38.7 Å². The van der Waals surface area contributed by atoms with Crippen LogP contribution in [0.2, 0.25) is 0 Å². The van der Waals surface area contributed by atoms with Gasteiger partial charge in [-0.2, -0.15) is 0 Å². The lowest BCUT2D eigenvalue weighted by atomic mass is 9.85. The Bertz CT molecular complexity index is 1830. The Labute approximate surface area is 239 Å². The smallest absolute Gasteiger partial charge is 0.0491 e. The molecule has 192 valence electrons. The average Bonchev–Trinajstić information content (AvgIpc) is 3.48. The van der Waals surface area contributed by atoms with Gasteiger partial charge in [-0.25, -0.2) is 0 Å². The number of aryl methyl sites for hydroxylation is 1. The van der Waals surface area contributed by atoms with Crippen LogP contribution in [0.4, 0.5) is 0 Å². The molecule has 0 spiro atoms. The van der Waals surface area contributed by atoms with E-state index in [9.17, 15) is 0 Å². The van der Waals surface area contributed by atoms with Crippen LogP contribution in [0, 0.1) is 0 Å². The zero-order valence-electron chi connectivity index (χ0n) is 22.3. The Hall–Kier alpha value is -3.62. The number of para-hydroxylation sites is 1. The maximum absolute atomic E-state index is 3.88. The minimum Gasteiger partial charge on any atom is -0.340 e. The van der Waals surface area contributed by atoms with Gasteiger partial charge in [-0.05, 0) is 69.6 Å². The van der Waals surface area contributed by atoms with Crippen LogP contribution in [-0.2, 0) is 6.54 Å². The van der Waals surface area contributed by atoms with Gasteiger partial charge < -0.3 is 4.57 Å². The van der Waals surface area contributed by atoms with Crippen LogP contribution >= 0.6 is 15.9 Å². The molecule has 0 saturated carbocycles. The van der Waals surface area contributed by atoms with Gasteiger partial charge in [0.1, 0.15) is 0 Å². The molecule has 1 nitrogen and oxygen atoms in total. The number of hydrogen-bond donors (Lipinski definition) is 0. The summed E-state index contributed by atoms with van der Waals surface area (Å²) in [7, 11) is 0. The summed E-state index contributed by atoms with van der Waals surface area (Å²) < 4.78 is 3.70. The highest BCUT2D eigenvalue weighted by molar-refractivity contribution is 9.10. The fourth-order valence-electron chi connectivity index (χ4n) is 6.70. The van der Waals surface area contributed by atoms with Crippen molar-refractivity contribution in [2.75, 3.05) is 0 Å². The van der Waals surface area contributed by atoms with Crippen molar-refractivity contribution in [3.8, 4) is 22.3 Å². The molecule has 0 fully saturated rings. The second-order valence-corrected chi connectivity index (χ2v) is 11.6. The molecule has 0 N–H and O–H groups in total. The van der Waals surface area contributed by atoms with Crippen LogP contribution < -0.4 is 0 Å². The topological polar surface area (TPSA) is 4.93 Å². The summed E-state index contributed by atoms with van der Waals surface area (Å²) >= 11 is 3.88. The molecule has 0 saturated heterocycles. The first-order valence-electron chi connectivity index (χ1n) is 14.2. The maximum Gasteiger partial charge on any atom is 0.0491 e. The third-order valence-electron chi connectivity index (χ3n) is 8.49. The molecule has 1 unspecified atom stereocenters. The number of nitrogens with zero attached hydrogens (tertiary/aromatic N) is 1. The fourth-order valence-corrected chi connectivity index (χ4v) is 7.22. The molecule has 6 aromatic rings. The Morgan fingerprint density at radius 2 is 1.33 bits per heavy atom. The monoisotopic (exact) mass is 569 g/mol. The SMILES string of the molecule is CCCCCCn1c2ccccc2c2cc(-c3cccc4c3C(c3ccccc3Br)c3ccccc3-4)ccc21. The molecule has 1 aliphatic rings. The molecule has 0 amide bonds. The number of benzene rings is 5. The fraction of sp³-hybridized carbons (Fsp3) is 0.189. The van der Waals surface area contributed by atoms with E-state index in [0.29, 0.717) is 0 Å². The van der Waals surface area contributed by atoms with Crippen LogP contribution in [0.25, 0.3) is 44.1 Å². The van der Waals surface area contributed by atoms with E-state index in [1.54, 1.807) is 0 Å². The van der Waals surface area contributed by atoms with Crippen molar-refractivity contribution in [3.05, 3.63) is 130 Å². The molecule has 2 heteroatoms. The first-order chi connectivity index (χ1) is 19.3. The first kappa shape index (κ1) is 24.4. The normalized spacial score (nSPS) is 14.2. The summed E-state index contributed by atoms with van der Waals surface area (Å²) in [6.07, 6.45) is 5.08. The van der Waals surface area contributed by atoms with Gasteiger partial charge in [0.2, 0.25) is 0 Å². The van der Waals surface area contributed by atoms with Crippen molar-refractivity contribution in [1.29, 1.82) is 0 Å². The summed E-state index contributed by atoms with van der Waals surface area (Å²) in [6, 6.07) is 40.6. The third kappa shape index (κ3) is 4.05. The van der Waals surface area contributed by atoms with E-state index in [4.69, 9.17) is 0 Å². The van der Waals surface area contributed by atoms with E-state index >= 15 is 0 Å². The molecule has 0 radical (unpaired) electrons. The van der Waals surface area contributed by atoms with Gasteiger partial charge in [-0.15, -0.1) is 0 Å². The van der Waals surface area contributed by atoms with Crippen LogP contribution in [0.5, 0.6) is 0 Å². The summed E-state index contributed by atoms with van der Waals surface area (Å²) in [5, 5.41) is 2.70. The van der Waals surface area contributed by atoms with E-state index in [1.807, 2.05) is 0 Å². The Morgan fingerprint density at radius 3 is 2.21 bits per heavy atom. The molecule has 1 aliphatic carbocycles. The van der Waals surface area contributed by atoms with E-state index < -0.39 is 0 Å². The molecule has 5 aromatic carbocycles. The number of fused-ring (bicyclic) bond motifs is 6. The quantitative estimate of drug-likeness (QED) is 0.168. The summed E-state index contributed by atoms with van der Waals surface area (Å²) in [6.45, 7) is 3.35. The highest BCUT2D eigenvalue weighted by atomic mass is 79.9. The molecule has 1 aromatic heterocycles. The molecular formula is C37H32BrN. The largest absolute Gasteiger partial charge is 0.340 e. The van der Waals surface area contributed by atoms with Crippen molar-refractivity contribution in [1.82, 2.24) is 4.57 Å². The third-order valence-corrected chi connectivity index (χ3v) is 9.21. The second-order valence-electron chi connectivity index (χ2n) is 10.8. The number of halogens is 1. The second kappa shape index (κ2) is 10.2. The lowest BCUT2D eigenvalue weighted by molar-refractivity contribution is 0.602. The maximum atomic E-state index is 3.88. The van der Waals surface area contributed by atoms with Crippen molar-refractivity contribution >= 4 is 37.7 Å². The summed E-state index contributed by atoms with van der Waals surface area (Å²) in [5.41, 5.74) is 12.1. The Morgan fingerprint density at radius 1 is 0.615 bits per heavy atom. The van der Waals surface area contributed by atoms with Crippen LogP contribution in [0.1, 0.15) is 55.2 Å². The van der Waals surface area contributed by atoms with E-state index in [-0.39, 0.29) is 5.92 Å². The predicted octanol–water partition coefficient (Wildman–Crippen LogP) is 11.0. The zero-order chi connectivity index (χ0) is 26.3. The molecule has 1 heterocycles. The average molecular weight is 571 g/mol. The first-order valence-corrected chi connectivity index (χ1v) is 15.0. The van der Waals surface area contributed by atoms with Gasteiger partial charge in [0.15, 0.2) is 0 Å². The van der Waals surface area contributed by atoms with Crippen molar-refractivity contribution in [2.24, 2.45) is 0 Å². The van der Waals surface area contributed by atoms with Gasteiger partial charge in [0.25, 0.3) is 0 Å². The number of hydrogen-bond acceptors (Lipinski definition) is 0. The van der Waals surface area contributed by atoms with Gasteiger partial charge in [0.05, 0.1) is 0 Å². The molecule has 39 heavy (non-hydrogen) atoms. The van der Waals surface area contributed by atoms with Crippen LogP contribution in [0.15, 0.2) is 114 Å². The Kier molecular flexibility index (Phi) is 6.37. The number of rotatable bonds is 7. The number of unbranched alkanes of at least 4 members (excludes halogenated alkanes) is 3. The number of aromatic nitrogens is 1. The van der Waals surface area contributed by atoms with Crippen molar-refractivity contribution in [3.63, 3.8) is 0 Å². The van der Waals surface area contributed by atoms with Gasteiger partial charge in [-0.3, -0.25) is 0 Å². The van der Waals surface area contributed by atoms with E-state index in [0.717, 1.165) is 11.0 Å². The van der Waals surface area contributed by atoms with E-state index in [1.165, 1.54) is 86.4 Å². The minimum absolute atomic E-state index is 0.193. The standard InChI is InChI=1S/C37H32BrN/c1-2-3-4-11-23-39-34-20-10-8-14-28(34)32-24-25(21-22-35(32)39)26-17-12-18-30-27-13-5-6-15-29(27)37(36(26)30)31-16-7-9-19-33(31)38/h5-10,12-22,24,37H,2-4,11,23H2,1H3. The molecule has 0 aliphatic heterocycles. The van der Waals surface area contributed by atoms with Gasteiger partial charge in [-0.1, -0.05) is 127 Å². The molecule has 0 bridgehead atoms. The lowest BCUT2D eigenvalue weighted by Gasteiger charge is -2.19. The highest BCUT2D eigenvalue weighted by Gasteiger charge is 2.33. The van der Waals surface area contributed by atoms with Crippen LogP contribution in [-0.4, -0.2) is 4.57 Å². The predicted molar refractivity (Wildman–Crippen MR) is 170 cm³/mol. The van der Waals surface area contributed by atoms with Gasteiger partial charge >= 0.3 is 0 Å². The highest BCUT2D eigenvalue weighted by Crippen LogP contribution is 2.52. The Balaban J connectivity index is 1.42. The van der Waals surface area contributed by atoms with Crippen LogP contribution in [0.3, 0.4) is 0 Å². The molecule has 1 atom stereocenters. The minimum atomic E-state index is 0.193. The lowest BCUT2D eigenvalue weighted by Crippen LogP contribution is -2.02.